The lowest BCUT2D eigenvalue weighted by Gasteiger charge is -2.08. The fourth-order valence-electron chi connectivity index (χ4n) is 3.28. The quantitative estimate of drug-likeness (QED) is 0.350. The Morgan fingerprint density at radius 1 is 1.09 bits per heavy atom. The van der Waals surface area contributed by atoms with E-state index < -0.39 is 5.97 Å². The standard InChI is InChI=1S/C24H21N3O4S/c1-15-3-5-17(6-4-15)20-13-32-23-22(20)24(30)27(14-25-23)12-11-21(29)31-19-9-7-18(8-10-19)26-16(2)28/h3-10,13-14H,11-12H2,1-2H3,(H,26,28). The van der Waals surface area contributed by atoms with E-state index in [9.17, 15) is 14.4 Å². The molecule has 0 aliphatic rings. The summed E-state index contributed by atoms with van der Waals surface area (Å²) in [6.45, 7) is 3.59. The number of aromatic nitrogens is 2. The van der Waals surface area contributed by atoms with Crippen molar-refractivity contribution in [2.24, 2.45) is 0 Å². The van der Waals surface area contributed by atoms with E-state index in [0.29, 0.717) is 21.7 Å². The molecule has 8 heteroatoms. The van der Waals surface area contributed by atoms with Crippen molar-refractivity contribution < 1.29 is 14.3 Å². The van der Waals surface area contributed by atoms with E-state index >= 15 is 0 Å². The van der Waals surface area contributed by atoms with E-state index in [0.717, 1.165) is 16.7 Å². The third-order valence-corrected chi connectivity index (χ3v) is 5.77. The van der Waals surface area contributed by atoms with Crippen molar-refractivity contribution in [1.82, 2.24) is 9.55 Å². The number of nitrogens with one attached hydrogen (secondary N) is 1. The van der Waals surface area contributed by atoms with Gasteiger partial charge in [0, 0.05) is 30.1 Å². The second kappa shape index (κ2) is 9.15. The molecule has 0 atom stereocenters. The molecular weight excluding hydrogens is 426 g/mol. The topological polar surface area (TPSA) is 90.3 Å². The lowest BCUT2D eigenvalue weighted by Crippen LogP contribution is -2.23. The van der Waals surface area contributed by atoms with Crippen molar-refractivity contribution in [3.63, 3.8) is 0 Å². The number of amides is 1. The van der Waals surface area contributed by atoms with Crippen LogP contribution in [0.4, 0.5) is 5.69 Å². The van der Waals surface area contributed by atoms with Gasteiger partial charge in [0.15, 0.2) is 0 Å². The Balaban J connectivity index is 1.47. The van der Waals surface area contributed by atoms with Gasteiger partial charge in [0.25, 0.3) is 5.56 Å². The van der Waals surface area contributed by atoms with Crippen LogP contribution >= 0.6 is 11.3 Å². The van der Waals surface area contributed by atoms with E-state index in [4.69, 9.17) is 4.74 Å². The molecule has 0 aliphatic carbocycles. The average molecular weight is 448 g/mol. The fourth-order valence-corrected chi connectivity index (χ4v) is 4.18. The molecule has 0 saturated heterocycles. The van der Waals surface area contributed by atoms with E-state index in [1.165, 1.54) is 29.2 Å². The lowest BCUT2D eigenvalue weighted by molar-refractivity contribution is -0.134. The maximum Gasteiger partial charge on any atom is 0.312 e. The van der Waals surface area contributed by atoms with Crippen LogP contribution in [-0.4, -0.2) is 21.4 Å². The number of carbonyl (C=O) groups excluding carboxylic acids is 2. The van der Waals surface area contributed by atoms with E-state index in [2.05, 4.69) is 10.3 Å². The molecule has 0 fully saturated rings. The molecule has 0 radical (unpaired) electrons. The Hall–Kier alpha value is -3.78. The van der Waals surface area contributed by atoms with Gasteiger partial charge in [-0.1, -0.05) is 29.8 Å². The van der Waals surface area contributed by atoms with Crippen molar-refractivity contribution in [2.45, 2.75) is 26.8 Å². The first-order valence-electron chi connectivity index (χ1n) is 10.0. The molecule has 0 spiro atoms. The van der Waals surface area contributed by atoms with Gasteiger partial charge >= 0.3 is 5.97 Å². The SMILES string of the molecule is CC(=O)Nc1ccc(OC(=O)CCn2cnc3scc(-c4ccc(C)cc4)c3c2=O)cc1. The van der Waals surface area contributed by atoms with Crippen molar-refractivity contribution in [3.05, 3.63) is 76.2 Å². The number of benzene rings is 2. The first kappa shape index (κ1) is 21.5. The maximum atomic E-state index is 13.1. The number of carbonyl (C=O) groups is 2. The minimum absolute atomic E-state index is 0.0184. The molecule has 1 amide bonds. The number of aryl methyl sites for hydroxylation is 2. The molecule has 4 aromatic rings. The zero-order chi connectivity index (χ0) is 22.7. The third kappa shape index (κ3) is 4.76. The minimum atomic E-state index is -0.464. The molecule has 0 saturated carbocycles. The van der Waals surface area contributed by atoms with E-state index in [-0.39, 0.29) is 24.4 Å². The zero-order valence-electron chi connectivity index (χ0n) is 17.6. The van der Waals surface area contributed by atoms with Gasteiger partial charge in [-0.3, -0.25) is 19.0 Å². The van der Waals surface area contributed by atoms with E-state index in [1.54, 1.807) is 24.3 Å². The van der Waals surface area contributed by atoms with Crippen LogP contribution in [0.5, 0.6) is 5.75 Å². The number of thiophene rings is 1. The van der Waals surface area contributed by atoms with Gasteiger partial charge in [-0.05, 0) is 36.8 Å². The number of anilines is 1. The molecule has 4 rings (SSSR count). The smallest absolute Gasteiger partial charge is 0.312 e. The molecule has 0 unspecified atom stereocenters. The number of rotatable bonds is 6. The van der Waals surface area contributed by atoms with Crippen molar-refractivity contribution in [3.8, 4) is 16.9 Å². The molecule has 7 nitrogen and oxygen atoms in total. The Kier molecular flexibility index (Phi) is 6.13. The van der Waals surface area contributed by atoms with Gasteiger partial charge in [0.1, 0.15) is 10.6 Å². The summed E-state index contributed by atoms with van der Waals surface area (Å²) in [7, 11) is 0. The molecule has 1 N–H and O–H groups in total. The van der Waals surface area contributed by atoms with Gasteiger partial charge in [-0.25, -0.2) is 4.98 Å². The van der Waals surface area contributed by atoms with Crippen LogP contribution in [0.2, 0.25) is 0 Å². The Labute approximate surface area is 188 Å². The Bertz CT molecular complexity index is 1340. The fraction of sp³-hybridized carbons (Fsp3) is 0.167. The summed E-state index contributed by atoms with van der Waals surface area (Å²) in [6.07, 6.45) is 1.49. The molecule has 2 heterocycles. The Morgan fingerprint density at radius 3 is 2.50 bits per heavy atom. The summed E-state index contributed by atoms with van der Waals surface area (Å²) in [6, 6.07) is 14.5. The lowest BCUT2D eigenvalue weighted by atomic mass is 10.1. The summed E-state index contributed by atoms with van der Waals surface area (Å²) in [4.78, 5) is 41.5. The molecular formula is C24H21N3O4S. The summed E-state index contributed by atoms with van der Waals surface area (Å²) < 4.78 is 6.77. The highest BCUT2D eigenvalue weighted by molar-refractivity contribution is 7.17. The molecule has 2 aromatic heterocycles. The van der Waals surface area contributed by atoms with Gasteiger partial charge in [0.05, 0.1) is 18.1 Å². The molecule has 2 aromatic carbocycles. The zero-order valence-corrected chi connectivity index (χ0v) is 18.4. The van der Waals surface area contributed by atoms with Gasteiger partial charge in [-0.15, -0.1) is 11.3 Å². The molecule has 162 valence electrons. The van der Waals surface area contributed by atoms with E-state index in [1.807, 2.05) is 36.6 Å². The van der Waals surface area contributed by atoms with Gasteiger partial charge in [0.2, 0.25) is 5.91 Å². The average Bonchev–Trinajstić information content (AvgIpc) is 3.20. The highest BCUT2D eigenvalue weighted by Crippen LogP contribution is 2.30. The number of hydrogen-bond donors (Lipinski definition) is 1. The van der Waals surface area contributed by atoms with Crippen LogP contribution in [0.15, 0.2) is 65.0 Å². The molecule has 0 aliphatic heterocycles. The van der Waals surface area contributed by atoms with Crippen LogP contribution in [0.3, 0.4) is 0 Å². The second-order valence-electron chi connectivity index (χ2n) is 7.37. The van der Waals surface area contributed by atoms with Crippen LogP contribution in [-0.2, 0) is 16.1 Å². The van der Waals surface area contributed by atoms with Gasteiger partial charge < -0.3 is 10.1 Å². The summed E-state index contributed by atoms with van der Waals surface area (Å²) >= 11 is 1.42. The summed E-state index contributed by atoms with van der Waals surface area (Å²) in [5.74, 6) is -0.278. The Morgan fingerprint density at radius 2 is 1.81 bits per heavy atom. The third-order valence-electron chi connectivity index (χ3n) is 4.89. The second-order valence-corrected chi connectivity index (χ2v) is 8.23. The first-order valence-corrected chi connectivity index (χ1v) is 10.9. The monoisotopic (exact) mass is 447 g/mol. The minimum Gasteiger partial charge on any atom is -0.426 e. The first-order chi connectivity index (χ1) is 15.4. The van der Waals surface area contributed by atoms with Crippen LogP contribution in [0, 0.1) is 6.92 Å². The number of fused-ring (bicyclic) bond motifs is 1. The van der Waals surface area contributed by atoms with Crippen molar-refractivity contribution >= 4 is 39.1 Å². The predicted molar refractivity (Wildman–Crippen MR) is 125 cm³/mol. The van der Waals surface area contributed by atoms with Crippen LogP contribution < -0.4 is 15.6 Å². The number of esters is 1. The highest BCUT2D eigenvalue weighted by atomic mass is 32.1. The molecule has 0 bridgehead atoms. The summed E-state index contributed by atoms with van der Waals surface area (Å²) in [5.41, 5.74) is 3.38. The summed E-state index contributed by atoms with van der Waals surface area (Å²) in [5, 5.41) is 5.14. The number of ether oxygens (including phenoxy) is 1. The van der Waals surface area contributed by atoms with Crippen molar-refractivity contribution in [2.75, 3.05) is 5.32 Å². The van der Waals surface area contributed by atoms with Crippen molar-refractivity contribution in [1.29, 1.82) is 0 Å². The van der Waals surface area contributed by atoms with Crippen LogP contribution in [0.25, 0.3) is 21.3 Å². The number of hydrogen-bond acceptors (Lipinski definition) is 6. The predicted octanol–water partition coefficient (Wildman–Crippen LogP) is 4.39. The largest absolute Gasteiger partial charge is 0.426 e. The normalized spacial score (nSPS) is 10.8. The highest BCUT2D eigenvalue weighted by Gasteiger charge is 2.14. The van der Waals surface area contributed by atoms with Gasteiger partial charge in [-0.2, -0.15) is 0 Å². The number of nitrogens with zero attached hydrogens (tertiary/aromatic N) is 2. The maximum absolute atomic E-state index is 13.1. The van der Waals surface area contributed by atoms with Crippen LogP contribution in [0.1, 0.15) is 18.9 Å². The molecule has 32 heavy (non-hydrogen) atoms.